The molecule has 1 aromatic carbocycles. The second-order valence-electron chi connectivity index (χ2n) is 7.31. The molecule has 8 heteroatoms. The summed E-state index contributed by atoms with van der Waals surface area (Å²) in [6.45, 7) is 1.90. The molecule has 1 aromatic rings. The topological polar surface area (TPSA) is 84.0 Å². The van der Waals surface area contributed by atoms with Crippen molar-refractivity contribution in [3.05, 3.63) is 29.8 Å². The Kier molecular flexibility index (Phi) is 7.00. The van der Waals surface area contributed by atoms with Gasteiger partial charge in [0.15, 0.2) is 6.61 Å². The van der Waals surface area contributed by atoms with Crippen LogP contribution in [0.4, 0.5) is 0 Å². The minimum Gasteiger partial charge on any atom is -0.452 e. The number of carbonyl (C=O) groups excluding carboxylic acids is 2. The molecule has 1 aliphatic carbocycles. The van der Waals surface area contributed by atoms with Gasteiger partial charge in [0.1, 0.15) is 0 Å². The highest BCUT2D eigenvalue weighted by Gasteiger charge is 2.25. The van der Waals surface area contributed by atoms with Crippen molar-refractivity contribution in [1.29, 1.82) is 0 Å². The third-order valence-corrected chi connectivity index (χ3v) is 6.95. The molecule has 7 nitrogen and oxygen atoms in total. The van der Waals surface area contributed by atoms with Gasteiger partial charge in [-0.1, -0.05) is 6.92 Å². The van der Waals surface area contributed by atoms with E-state index in [1.807, 2.05) is 0 Å². The molecule has 0 atom stereocenters. The van der Waals surface area contributed by atoms with Crippen LogP contribution in [0.2, 0.25) is 0 Å². The fourth-order valence-corrected chi connectivity index (χ4v) is 4.02. The molecule has 1 fully saturated rings. The van der Waals surface area contributed by atoms with Crippen molar-refractivity contribution >= 4 is 21.9 Å². The molecule has 2 rings (SSSR count). The SMILES string of the molecule is CC1CCC(N(C)C(=O)COC(=O)c2ccc(S(=O)(=O)N(C)C)cc2)CC1. The Morgan fingerprint density at radius 2 is 1.59 bits per heavy atom. The van der Waals surface area contributed by atoms with E-state index in [4.69, 9.17) is 4.74 Å². The van der Waals surface area contributed by atoms with Crippen LogP contribution in [0.5, 0.6) is 0 Å². The van der Waals surface area contributed by atoms with Crippen LogP contribution in [0.25, 0.3) is 0 Å². The van der Waals surface area contributed by atoms with Gasteiger partial charge in [-0.15, -0.1) is 0 Å². The van der Waals surface area contributed by atoms with E-state index in [9.17, 15) is 18.0 Å². The zero-order chi connectivity index (χ0) is 20.2. The molecule has 1 amide bonds. The molecule has 0 aliphatic heterocycles. The highest BCUT2D eigenvalue weighted by molar-refractivity contribution is 7.89. The number of amides is 1. The molecular weight excluding hydrogens is 368 g/mol. The van der Waals surface area contributed by atoms with Crippen LogP contribution in [-0.2, 0) is 19.6 Å². The van der Waals surface area contributed by atoms with Crippen LogP contribution in [-0.4, -0.2) is 63.3 Å². The van der Waals surface area contributed by atoms with Crippen molar-refractivity contribution in [3.63, 3.8) is 0 Å². The van der Waals surface area contributed by atoms with Crippen LogP contribution < -0.4 is 0 Å². The number of benzene rings is 1. The first-order valence-corrected chi connectivity index (χ1v) is 10.5. The third kappa shape index (κ3) is 5.29. The second-order valence-corrected chi connectivity index (χ2v) is 9.46. The Labute approximate surface area is 161 Å². The minimum absolute atomic E-state index is 0.0892. The lowest BCUT2D eigenvalue weighted by atomic mass is 9.87. The maximum absolute atomic E-state index is 12.3. The van der Waals surface area contributed by atoms with E-state index in [0.717, 1.165) is 30.0 Å². The van der Waals surface area contributed by atoms with Crippen LogP contribution in [0.3, 0.4) is 0 Å². The highest BCUT2D eigenvalue weighted by Crippen LogP contribution is 2.26. The maximum Gasteiger partial charge on any atom is 0.338 e. The predicted octanol–water partition coefficient (Wildman–Crippen LogP) is 2.13. The van der Waals surface area contributed by atoms with E-state index in [1.165, 1.54) is 38.4 Å². The van der Waals surface area contributed by atoms with Crippen LogP contribution >= 0.6 is 0 Å². The van der Waals surface area contributed by atoms with Crippen LogP contribution in [0.1, 0.15) is 43.0 Å². The number of rotatable bonds is 6. The Morgan fingerprint density at radius 3 is 2.11 bits per heavy atom. The Hall–Kier alpha value is -1.93. The summed E-state index contributed by atoms with van der Waals surface area (Å²) in [7, 11) is 1.07. The van der Waals surface area contributed by atoms with Gasteiger partial charge in [0.05, 0.1) is 10.5 Å². The molecule has 0 radical (unpaired) electrons. The molecule has 0 aromatic heterocycles. The summed E-state index contributed by atoms with van der Waals surface area (Å²) in [5.41, 5.74) is 0.203. The van der Waals surface area contributed by atoms with Crippen molar-refractivity contribution in [2.75, 3.05) is 27.7 Å². The molecule has 0 unspecified atom stereocenters. The first-order valence-electron chi connectivity index (χ1n) is 9.08. The molecule has 0 spiro atoms. The summed E-state index contributed by atoms with van der Waals surface area (Å²) in [5, 5.41) is 0. The molecule has 0 saturated heterocycles. The largest absolute Gasteiger partial charge is 0.452 e. The number of likely N-dealkylation sites (N-methyl/N-ethyl adjacent to an activating group) is 1. The summed E-state index contributed by atoms with van der Waals surface area (Å²) < 4.78 is 30.3. The Morgan fingerprint density at radius 1 is 1.04 bits per heavy atom. The third-order valence-electron chi connectivity index (χ3n) is 5.12. The fourth-order valence-electron chi connectivity index (χ4n) is 3.12. The number of carbonyl (C=O) groups is 2. The average molecular weight is 397 g/mol. The number of hydrogen-bond acceptors (Lipinski definition) is 5. The number of nitrogens with zero attached hydrogens (tertiary/aromatic N) is 2. The number of esters is 1. The lowest BCUT2D eigenvalue weighted by Gasteiger charge is -2.33. The highest BCUT2D eigenvalue weighted by atomic mass is 32.2. The zero-order valence-corrected chi connectivity index (χ0v) is 17.2. The molecule has 27 heavy (non-hydrogen) atoms. The van der Waals surface area contributed by atoms with Crippen molar-refractivity contribution < 1.29 is 22.7 Å². The van der Waals surface area contributed by atoms with Gasteiger partial charge < -0.3 is 9.64 Å². The Bertz CT molecular complexity index is 766. The van der Waals surface area contributed by atoms with Crippen molar-refractivity contribution in [3.8, 4) is 0 Å². The van der Waals surface area contributed by atoms with Gasteiger partial charge in [-0.2, -0.15) is 0 Å². The quantitative estimate of drug-likeness (QED) is 0.688. The maximum atomic E-state index is 12.3. The van der Waals surface area contributed by atoms with E-state index >= 15 is 0 Å². The smallest absolute Gasteiger partial charge is 0.338 e. The van der Waals surface area contributed by atoms with E-state index in [0.29, 0.717) is 5.92 Å². The molecular formula is C19H28N2O5S. The van der Waals surface area contributed by atoms with Crippen molar-refractivity contribution in [1.82, 2.24) is 9.21 Å². The van der Waals surface area contributed by atoms with Gasteiger partial charge >= 0.3 is 5.97 Å². The van der Waals surface area contributed by atoms with Gasteiger partial charge in [0.2, 0.25) is 10.0 Å². The molecule has 150 valence electrons. The van der Waals surface area contributed by atoms with Gasteiger partial charge in [0, 0.05) is 27.2 Å². The van der Waals surface area contributed by atoms with E-state index < -0.39 is 16.0 Å². The minimum atomic E-state index is -3.55. The van der Waals surface area contributed by atoms with E-state index in [2.05, 4.69) is 6.92 Å². The van der Waals surface area contributed by atoms with Crippen molar-refractivity contribution in [2.24, 2.45) is 5.92 Å². The second kappa shape index (κ2) is 8.84. The molecule has 1 aliphatic rings. The lowest BCUT2D eigenvalue weighted by molar-refractivity contribution is -0.136. The van der Waals surface area contributed by atoms with Crippen molar-refractivity contribution in [2.45, 2.75) is 43.5 Å². The standard InChI is InChI=1S/C19H28N2O5S/c1-14-5-9-16(10-6-14)21(4)18(22)13-26-19(23)15-7-11-17(12-8-15)27(24,25)20(2)3/h7-8,11-12,14,16H,5-6,9-10,13H2,1-4H3. The monoisotopic (exact) mass is 396 g/mol. The van der Waals surface area contributed by atoms with Crippen LogP contribution in [0.15, 0.2) is 29.2 Å². The van der Waals surface area contributed by atoms with Gasteiger partial charge in [0.25, 0.3) is 5.91 Å². The van der Waals surface area contributed by atoms with E-state index in [1.54, 1.807) is 11.9 Å². The number of ether oxygens (including phenoxy) is 1. The summed E-state index contributed by atoms with van der Waals surface area (Å²) >= 11 is 0. The lowest BCUT2D eigenvalue weighted by Crippen LogP contribution is -2.41. The zero-order valence-electron chi connectivity index (χ0n) is 16.3. The predicted molar refractivity (Wildman–Crippen MR) is 102 cm³/mol. The van der Waals surface area contributed by atoms with Gasteiger partial charge in [-0.3, -0.25) is 4.79 Å². The molecule has 0 heterocycles. The Balaban J connectivity index is 1.90. The van der Waals surface area contributed by atoms with Gasteiger partial charge in [-0.25, -0.2) is 17.5 Å². The average Bonchev–Trinajstić information content (AvgIpc) is 2.65. The summed E-state index contributed by atoms with van der Waals surface area (Å²) in [5.74, 6) is -0.181. The normalized spacial score (nSPS) is 20.3. The van der Waals surface area contributed by atoms with Crippen LogP contribution in [0, 0.1) is 5.92 Å². The molecule has 1 saturated carbocycles. The fraction of sp³-hybridized carbons (Fsp3) is 0.579. The summed E-state index contributed by atoms with van der Waals surface area (Å²) in [4.78, 5) is 26.2. The molecule has 0 N–H and O–H groups in total. The number of hydrogen-bond donors (Lipinski definition) is 0. The number of sulfonamides is 1. The molecule has 0 bridgehead atoms. The summed E-state index contributed by atoms with van der Waals surface area (Å²) in [6, 6.07) is 5.67. The first-order chi connectivity index (χ1) is 12.6. The summed E-state index contributed by atoms with van der Waals surface area (Å²) in [6.07, 6.45) is 4.15. The van der Waals surface area contributed by atoms with Gasteiger partial charge in [-0.05, 0) is 55.9 Å². The van der Waals surface area contributed by atoms with E-state index in [-0.39, 0.29) is 29.0 Å². The first kappa shape index (κ1) is 21.4.